The summed E-state index contributed by atoms with van der Waals surface area (Å²) in [6.07, 6.45) is 1.51. The highest BCUT2D eigenvalue weighted by atomic mass is 35.5. The molecule has 0 bridgehead atoms. The van der Waals surface area contributed by atoms with Crippen LogP contribution in [0.4, 0.5) is 5.69 Å². The third kappa shape index (κ3) is 4.28. The van der Waals surface area contributed by atoms with Gasteiger partial charge in [-0.25, -0.2) is 0 Å². The highest BCUT2D eigenvalue weighted by Gasteiger charge is 2.07. The number of hydrazone groups is 1. The molecule has 0 radical (unpaired) electrons. The molecule has 0 saturated carbocycles. The Bertz CT molecular complexity index is 956. The Hall–Kier alpha value is -2.27. The molecule has 0 amide bonds. The van der Waals surface area contributed by atoms with Gasteiger partial charge in [0, 0.05) is 16.1 Å². The van der Waals surface area contributed by atoms with Crippen molar-refractivity contribution in [2.45, 2.75) is 6.92 Å². The molecule has 0 unspecified atom stereocenters. The number of carbonyl (C=O) groups excluding carboxylic acids is 1. The fourth-order valence-corrected chi connectivity index (χ4v) is 3.16. The van der Waals surface area contributed by atoms with E-state index in [0.717, 1.165) is 5.56 Å². The minimum Gasteiger partial charge on any atom is -0.455 e. The van der Waals surface area contributed by atoms with Gasteiger partial charge in [-0.1, -0.05) is 59.1 Å². The second kappa shape index (κ2) is 7.96. The van der Waals surface area contributed by atoms with Crippen LogP contribution in [0, 0.1) is 0 Å². The van der Waals surface area contributed by atoms with E-state index in [2.05, 4.69) is 10.5 Å². The second-order valence-electron chi connectivity index (χ2n) is 5.45. The van der Waals surface area contributed by atoms with Gasteiger partial charge in [0.25, 0.3) is 0 Å². The fraction of sp³-hybridized carbons (Fsp3) is 0.0526. The van der Waals surface area contributed by atoms with E-state index < -0.39 is 0 Å². The van der Waals surface area contributed by atoms with Gasteiger partial charge in [-0.05, 0) is 31.2 Å². The van der Waals surface area contributed by atoms with E-state index >= 15 is 0 Å². The molecule has 0 saturated heterocycles. The second-order valence-corrected chi connectivity index (χ2v) is 6.70. The van der Waals surface area contributed by atoms with Crippen LogP contribution in [0.5, 0.6) is 0 Å². The molecule has 0 fully saturated rings. The Balaban J connectivity index is 1.72. The maximum atomic E-state index is 11.3. The number of hydrogen-bond acceptors (Lipinski definition) is 4. The van der Waals surface area contributed by atoms with Gasteiger partial charge in [0.2, 0.25) is 0 Å². The number of halogens is 3. The van der Waals surface area contributed by atoms with Crippen molar-refractivity contribution < 1.29 is 9.21 Å². The zero-order valence-electron chi connectivity index (χ0n) is 13.6. The fourth-order valence-electron chi connectivity index (χ4n) is 2.26. The molecule has 7 heteroatoms. The summed E-state index contributed by atoms with van der Waals surface area (Å²) in [6, 6.07) is 14.0. The van der Waals surface area contributed by atoms with Gasteiger partial charge < -0.3 is 4.42 Å². The molecule has 0 aliphatic heterocycles. The number of nitrogens with zero attached hydrogens (tertiary/aromatic N) is 1. The number of carbonyl (C=O) groups is 1. The first kappa shape index (κ1) is 18.5. The molecule has 0 atom stereocenters. The van der Waals surface area contributed by atoms with E-state index in [1.54, 1.807) is 30.3 Å². The van der Waals surface area contributed by atoms with E-state index in [9.17, 15) is 4.79 Å². The van der Waals surface area contributed by atoms with Crippen LogP contribution in [0.2, 0.25) is 15.1 Å². The molecule has 4 nitrogen and oxygen atoms in total. The SMILES string of the molecule is CC(=O)c1ccc(-c2ccc(/C=N\Nc3c(Cl)cc(Cl)cc3Cl)o2)cc1. The van der Waals surface area contributed by atoms with Crippen molar-refractivity contribution in [2.75, 3.05) is 5.43 Å². The first-order valence-electron chi connectivity index (χ1n) is 7.59. The van der Waals surface area contributed by atoms with Crippen LogP contribution in [0.3, 0.4) is 0 Å². The lowest BCUT2D eigenvalue weighted by molar-refractivity contribution is 0.101. The van der Waals surface area contributed by atoms with Crippen LogP contribution in [0.25, 0.3) is 11.3 Å². The molecule has 3 aromatic rings. The minimum atomic E-state index is 0.0226. The normalized spacial score (nSPS) is 11.1. The molecule has 0 spiro atoms. The molecule has 0 aliphatic rings. The Kier molecular flexibility index (Phi) is 5.67. The number of hydrogen-bond donors (Lipinski definition) is 1. The van der Waals surface area contributed by atoms with Crippen molar-refractivity contribution in [3.63, 3.8) is 0 Å². The maximum Gasteiger partial charge on any atom is 0.159 e. The van der Waals surface area contributed by atoms with Crippen molar-refractivity contribution in [3.05, 3.63) is 74.9 Å². The zero-order valence-corrected chi connectivity index (χ0v) is 15.9. The van der Waals surface area contributed by atoms with Gasteiger partial charge in [0.05, 0.1) is 21.9 Å². The quantitative estimate of drug-likeness (QED) is 0.296. The number of ketones is 1. The predicted octanol–water partition coefficient (Wildman–Crippen LogP) is 6.56. The summed E-state index contributed by atoms with van der Waals surface area (Å²) in [7, 11) is 0. The molecule has 1 heterocycles. The number of anilines is 1. The molecule has 0 aliphatic carbocycles. The van der Waals surface area contributed by atoms with Crippen molar-refractivity contribution in [1.82, 2.24) is 0 Å². The number of rotatable bonds is 5. The van der Waals surface area contributed by atoms with E-state index in [0.29, 0.717) is 37.8 Å². The summed E-state index contributed by atoms with van der Waals surface area (Å²) < 4.78 is 5.73. The summed E-state index contributed by atoms with van der Waals surface area (Å²) in [5.74, 6) is 1.24. The van der Waals surface area contributed by atoms with E-state index in [4.69, 9.17) is 39.2 Å². The number of furan rings is 1. The number of benzene rings is 2. The van der Waals surface area contributed by atoms with Gasteiger partial charge in [0.1, 0.15) is 11.5 Å². The molecule has 3 rings (SSSR count). The van der Waals surface area contributed by atoms with Gasteiger partial charge in [-0.2, -0.15) is 5.10 Å². The predicted molar refractivity (Wildman–Crippen MR) is 107 cm³/mol. The standard InChI is InChI=1S/C19H13Cl3N2O2/c1-11(25)12-2-4-13(5-3-12)18-7-6-15(26-18)10-23-24-19-16(21)8-14(20)9-17(19)22/h2-10,24H,1H3/b23-10-. The van der Waals surface area contributed by atoms with E-state index in [-0.39, 0.29) is 5.78 Å². The van der Waals surface area contributed by atoms with Gasteiger partial charge in [-0.15, -0.1) is 0 Å². The summed E-state index contributed by atoms with van der Waals surface area (Å²) in [6.45, 7) is 1.53. The van der Waals surface area contributed by atoms with Crippen molar-refractivity contribution in [3.8, 4) is 11.3 Å². The van der Waals surface area contributed by atoms with Crippen LogP contribution in [-0.4, -0.2) is 12.0 Å². The maximum absolute atomic E-state index is 11.3. The highest BCUT2D eigenvalue weighted by Crippen LogP contribution is 2.33. The molecular weight excluding hydrogens is 395 g/mol. The molecule has 1 aromatic heterocycles. The van der Waals surface area contributed by atoms with Crippen molar-refractivity contribution in [2.24, 2.45) is 5.10 Å². The Morgan fingerprint density at radius 1 is 1.04 bits per heavy atom. The highest BCUT2D eigenvalue weighted by molar-refractivity contribution is 6.41. The third-order valence-electron chi connectivity index (χ3n) is 3.58. The molecule has 1 N–H and O–H groups in total. The Labute approximate surface area is 165 Å². The van der Waals surface area contributed by atoms with Crippen molar-refractivity contribution in [1.29, 1.82) is 0 Å². The first-order valence-corrected chi connectivity index (χ1v) is 8.72. The lowest BCUT2D eigenvalue weighted by Gasteiger charge is -2.06. The largest absolute Gasteiger partial charge is 0.455 e. The van der Waals surface area contributed by atoms with Gasteiger partial charge in [0.15, 0.2) is 5.78 Å². The van der Waals surface area contributed by atoms with Crippen LogP contribution in [0.1, 0.15) is 23.0 Å². The number of nitrogens with one attached hydrogen (secondary N) is 1. The molecule has 2 aromatic carbocycles. The Morgan fingerprint density at radius 3 is 2.31 bits per heavy atom. The summed E-state index contributed by atoms with van der Waals surface area (Å²) in [5, 5.41) is 5.26. The lowest BCUT2D eigenvalue weighted by Crippen LogP contribution is -1.92. The van der Waals surface area contributed by atoms with Gasteiger partial charge >= 0.3 is 0 Å². The van der Waals surface area contributed by atoms with E-state index in [1.165, 1.54) is 13.1 Å². The molecular formula is C19H13Cl3N2O2. The zero-order chi connectivity index (χ0) is 18.7. The lowest BCUT2D eigenvalue weighted by atomic mass is 10.1. The minimum absolute atomic E-state index is 0.0226. The monoisotopic (exact) mass is 406 g/mol. The van der Waals surface area contributed by atoms with E-state index in [1.807, 2.05) is 18.2 Å². The average molecular weight is 408 g/mol. The summed E-state index contributed by atoms with van der Waals surface area (Å²) >= 11 is 18.0. The smallest absolute Gasteiger partial charge is 0.159 e. The van der Waals surface area contributed by atoms with Crippen LogP contribution in [0.15, 0.2) is 58.0 Å². The van der Waals surface area contributed by atoms with Crippen LogP contribution >= 0.6 is 34.8 Å². The Morgan fingerprint density at radius 2 is 1.69 bits per heavy atom. The van der Waals surface area contributed by atoms with Crippen LogP contribution < -0.4 is 5.43 Å². The summed E-state index contributed by atoms with van der Waals surface area (Å²) in [5.41, 5.74) is 4.76. The van der Waals surface area contributed by atoms with Gasteiger partial charge in [-0.3, -0.25) is 10.2 Å². The summed E-state index contributed by atoms with van der Waals surface area (Å²) in [4.78, 5) is 11.3. The molecule has 132 valence electrons. The van der Waals surface area contributed by atoms with Crippen molar-refractivity contribution >= 4 is 52.5 Å². The molecule has 26 heavy (non-hydrogen) atoms. The van der Waals surface area contributed by atoms with Crippen LogP contribution in [-0.2, 0) is 0 Å². The number of Topliss-reactive ketones (excluding diaryl/α,β-unsaturated/α-hetero) is 1. The third-order valence-corrected chi connectivity index (χ3v) is 4.39. The average Bonchev–Trinajstić information content (AvgIpc) is 3.06. The topological polar surface area (TPSA) is 54.6 Å². The first-order chi connectivity index (χ1) is 12.4.